The first-order valence-electron chi connectivity index (χ1n) is 6.77. The molecule has 0 atom stereocenters. The first kappa shape index (κ1) is 13.3. The van der Waals surface area contributed by atoms with E-state index in [9.17, 15) is 0 Å². The molecule has 3 rings (SSSR count). The number of nitrogens with zero attached hydrogens (tertiary/aromatic N) is 1. The summed E-state index contributed by atoms with van der Waals surface area (Å²) in [4.78, 5) is 7.85. The number of anilines is 1. The van der Waals surface area contributed by atoms with Gasteiger partial charge in [0, 0.05) is 11.3 Å². The molecule has 3 N–H and O–H groups in total. The number of nitrogen functional groups attached to an aromatic ring is 1. The monoisotopic (exact) mass is 283 g/mol. The van der Waals surface area contributed by atoms with Crippen LogP contribution in [0.15, 0.2) is 36.4 Å². The Kier molecular flexibility index (Phi) is 3.39. The van der Waals surface area contributed by atoms with Gasteiger partial charge in [0.05, 0.1) is 24.8 Å². The number of nitrogens with one attached hydrogen (secondary N) is 1. The molecule has 2 aromatic carbocycles. The van der Waals surface area contributed by atoms with Crippen molar-refractivity contribution in [3.05, 3.63) is 36.4 Å². The van der Waals surface area contributed by atoms with Crippen molar-refractivity contribution >= 4 is 16.7 Å². The van der Waals surface area contributed by atoms with Crippen LogP contribution in [0, 0.1) is 0 Å². The Bertz CT molecular complexity index is 780. The van der Waals surface area contributed by atoms with Crippen molar-refractivity contribution in [2.24, 2.45) is 0 Å². The largest absolute Gasteiger partial charge is 0.493 e. The standard InChI is InChI=1S/C16H17N3O2/c1-3-21-15-8-10(4-7-14(15)20-2)16-18-12-6-5-11(17)9-13(12)19-16/h4-9H,3,17H2,1-2H3,(H,18,19). The molecular formula is C16H17N3O2. The molecule has 1 aromatic heterocycles. The van der Waals surface area contributed by atoms with Crippen LogP contribution in [-0.4, -0.2) is 23.7 Å². The van der Waals surface area contributed by atoms with Crippen molar-refractivity contribution in [1.29, 1.82) is 0 Å². The highest BCUT2D eigenvalue weighted by atomic mass is 16.5. The highest BCUT2D eigenvalue weighted by Crippen LogP contribution is 2.32. The van der Waals surface area contributed by atoms with Crippen LogP contribution in [0.5, 0.6) is 11.5 Å². The molecule has 0 amide bonds. The van der Waals surface area contributed by atoms with Gasteiger partial charge >= 0.3 is 0 Å². The minimum atomic E-state index is 0.580. The van der Waals surface area contributed by atoms with E-state index in [1.165, 1.54) is 0 Å². The van der Waals surface area contributed by atoms with Crippen molar-refractivity contribution in [2.75, 3.05) is 19.5 Å². The van der Waals surface area contributed by atoms with Crippen molar-refractivity contribution in [2.45, 2.75) is 6.92 Å². The fourth-order valence-corrected chi connectivity index (χ4v) is 2.26. The molecule has 3 aromatic rings. The van der Waals surface area contributed by atoms with E-state index in [1.54, 1.807) is 7.11 Å². The van der Waals surface area contributed by atoms with Gasteiger partial charge in [0.1, 0.15) is 5.82 Å². The van der Waals surface area contributed by atoms with Crippen molar-refractivity contribution in [3.8, 4) is 22.9 Å². The van der Waals surface area contributed by atoms with Gasteiger partial charge in [-0.25, -0.2) is 4.98 Å². The number of imidazole rings is 1. The van der Waals surface area contributed by atoms with Gasteiger partial charge < -0.3 is 20.2 Å². The Morgan fingerprint density at radius 1 is 1.14 bits per heavy atom. The summed E-state index contributed by atoms with van der Waals surface area (Å²) in [5.41, 5.74) is 9.24. The first-order chi connectivity index (χ1) is 10.2. The van der Waals surface area contributed by atoms with E-state index in [0.717, 1.165) is 22.4 Å². The topological polar surface area (TPSA) is 73.2 Å². The summed E-state index contributed by atoms with van der Waals surface area (Å²) in [5.74, 6) is 2.19. The molecule has 0 spiro atoms. The zero-order chi connectivity index (χ0) is 14.8. The third-order valence-electron chi connectivity index (χ3n) is 3.24. The fraction of sp³-hybridized carbons (Fsp3) is 0.188. The Hall–Kier alpha value is -2.69. The maximum absolute atomic E-state index is 5.79. The molecule has 0 saturated carbocycles. The number of ether oxygens (including phenoxy) is 2. The van der Waals surface area contributed by atoms with Crippen molar-refractivity contribution < 1.29 is 9.47 Å². The highest BCUT2D eigenvalue weighted by Gasteiger charge is 2.10. The molecule has 21 heavy (non-hydrogen) atoms. The lowest BCUT2D eigenvalue weighted by Gasteiger charge is -2.10. The number of aromatic amines is 1. The van der Waals surface area contributed by atoms with Gasteiger partial charge in [-0.05, 0) is 43.3 Å². The minimum Gasteiger partial charge on any atom is -0.493 e. The van der Waals surface area contributed by atoms with Gasteiger partial charge in [-0.15, -0.1) is 0 Å². The lowest BCUT2D eigenvalue weighted by molar-refractivity contribution is 0.311. The predicted molar refractivity (Wildman–Crippen MR) is 83.7 cm³/mol. The van der Waals surface area contributed by atoms with E-state index in [0.29, 0.717) is 23.8 Å². The lowest BCUT2D eigenvalue weighted by Crippen LogP contribution is -1.95. The van der Waals surface area contributed by atoms with Gasteiger partial charge in [-0.1, -0.05) is 0 Å². The summed E-state index contributed by atoms with van der Waals surface area (Å²) >= 11 is 0. The van der Waals surface area contributed by atoms with Gasteiger partial charge in [-0.2, -0.15) is 0 Å². The Morgan fingerprint density at radius 3 is 2.76 bits per heavy atom. The van der Waals surface area contributed by atoms with Crippen LogP contribution in [0.2, 0.25) is 0 Å². The molecule has 0 aliphatic heterocycles. The molecule has 0 bridgehead atoms. The first-order valence-corrected chi connectivity index (χ1v) is 6.77. The van der Waals surface area contributed by atoms with Crippen LogP contribution in [0.3, 0.4) is 0 Å². The Morgan fingerprint density at radius 2 is 2.00 bits per heavy atom. The van der Waals surface area contributed by atoms with Crippen LogP contribution >= 0.6 is 0 Å². The molecule has 0 unspecified atom stereocenters. The van der Waals surface area contributed by atoms with E-state index in [-0.39, 0.29) is 0 Å². The molecule has 0 aliphatic rings. The second-order valence-electron chi connectivity index (χ2n) is 4.66. The second kappa shape index (κ2) is 5.36. The number of rotatable bonds is 4. The molecule has 5 heteroatoms. The second-order valence-corrected chi connectivity index (χ2v) is 4.66. The third kappa shape index (κ3) is 2.50. The molecule has 5 nitrogen and oxygen atoms in total. The zero-order valence-electron chi connectivity index (χ0n) is 12.0. The summed E-state index contributed by atoms with van der Waals surface area (Å²) in [6.07, 6.45) is 0. The average molecular weight is 283 g/mol. The molecule has 108 valence electrons. The average Bonchev–Trinajstić information content (AvgIpc) is 2.90. The summed E-state index contributed by atoms with van der Waals surface area (Å²) in [7, 11) is 1.63. The van der Waals surface area contributed by atoms with Crippen molar-refractivity contribution in [1.82, 2.24) is 9.97 Å². The van der Waals surface area contributed by atoms with Crippen molar-refractivity contribution in [3.63, 3.8) is 0 Å². The smallest absolute Gasteiger partial charge is 0.161 e. The van der Waals surface area contributed by atoms with Gasteiger partial charge in [-0.3, -0.25) is 0 Å². The van der Waals surface area contributed by atoms with Crippen LogP contribution in [0.4, 0.5) is 5.69 Å². The third-order valence-corrected chi connectivity index (χ3v) is 3.24. The van der Waals surface area contributed by atoms with E-state index in [2.05, 4.69) is 9.97 Å². The van der Waals surface area contributed by atoms with E-state index >= 15 is 0 Å². The van der Waals surface area contributed by atoms with Crippen LogP contribution in [0.25, 0.3) is 22.4 Å². The summed E-state index contributed by atoms with van der Waals surface area (Å²) < 4.78 is 10.9. The summed E-state index contributed by atoms with van der Waals surface area (Å²) in [6, 6.07) is 11.4. The summed E-state index contributed by atoms with van der Waals surface area (Å²) in [5, 5.41) is 0. The van der Waals surface area contributed by atoms with Gasteiger partial charge in [0.15, 0.2) is 11.5 Å². The van der Waals surface area contributed by atoms with E-state index in [1.807, 2.05) is 43.3 Å². The van der Waals surface area contributed by atoms with Gasteiger partial charge in [0.25, 0.3) is 0 Å². The number of H-pyrrole nitrogens is 1. The summed E-state index contributed by atoms with van der Waals surface area (Å²) in [6.45, 7) is 2.52. The normalized spacial score (nSPS) is 10.8. The fourth-order valence-electron chi connectivity index (χ4n) is 2.26. The quantitative estimate of drug-likeness (QED) is 0.721. The number of fused-ring (bicyclic) bond motifs is 1. The molecule has 0 aliphatic carbocycles. The molecular weight excluding hydrogens is 266 g/mol. The highest BCUT2D eigenvalue weighted by molar-refractivity contribution is 5.82. The molecule has 0 radical (unpaired) electrons. The van der Waals surface area contributed by atoms with Crippen LogP contribution < -0.4 is 15.2 Å². The number of methoxy groups -OCH3 is 1. The molecule has 1 heterocycles. The number of benzene rings is 2. The molecule has 0 fully saturated rings. The van der Waals surface area contributed by atoms with Crippen LogP contribution in [-0.2, 0) is 0 Å². The Balaban J connectivity index is 2.07. The Labute approximate surface area is 122 Å². The predicted octanol–water partition coefficient (Wildman–Crippen LogP) is 3.22. The number of aromatic nitrogens is 2. The zero-order valence-corrected chi connectivity index (χ0v) is 12.0. The lowest BCUT2D eigenvalue weighted by atomic mass is 10.2. The number of hydrogen-bond acceptors (Lipinski definition) is 4. The number of nitrogens with two attached hydrogens (primary N) is 1. The van der Waals surface area contributed by atoms with Gasteiger partial charge in [0.2, 0.25) is 0 Å². The van der Waals surface area contributed by atoms with E-state index in [4.69, 9.17) is 15.2 Å². The molecule has 0 saturated heterocycles. The number of hydrogen-bond donors (Lipinski definition) is 2. The van der Waals surface area contributed by atoms with E-state index < -0.39 is 0 Å². The maximum Gasteiger partial charge on any atom is 0.161 e. The SMILES string of the molecule is CCOc1cc(-c2nc3ccc(N)cc3[nH]2)ccc1OC. The maximum atomic E-state index is 5.79. The minimum absolute atomic E-state index is 0.580. The van der Waals surface area contributed by atoms with Crippen LogP contribution in [0.1, 0.15) is 6.92 Å².